The number of carbonyl (C=O) groups is 6. The normalized spacial score (nSPS) is 17.4. The van der Waals surface area contributed by atoms with Gasteiger partial charge in [0.1, 0.15) is 34.8 Å². The lowest BCUT2D eigenvalue weighted by Gasteiger charge is -2.32. The molecule has 1 aliphatic rings. The summed E-state index contributed by atoms with van der Waals surface area (Å²) in [4.78, 5) is 77.6. The van der Waals surface area contributed by atoms with Crippen LogP contribution in [0.2, 0.25) is 0 Å². The van der Waals surface area contributed by atoms with E-state index < -0.39 is 70.5 Å². The molecule has 1 aliphatic heterocycles. The molecule has 1 saturated heterocycles. The average Bonchev–Trinajstić information content (AvgIpc) is 3.30. The van der Waals surface area contributed by atoms with Crippen molar-refractivity contribution in [2.45, 2.75) is 117 Å². The predicted molar refractivity (Wildman–Crippen MR) is 147 cm³/mol. The highest BCUT2D eigenvalue weighted by Gasteiger charge is 2.41. The Bertz CT molecular complexity index is 986. The molecule has 0 aliphatic carbocycles. The Labute approximate surface area is 236 Å². The number of methoxy groups -OCH3 is 1. The van der Waals surface area contributed by atoms with Crippen molar-refractivity contribution in [2.75, 3.05) is 13.7 Å². The quantitative estimate of drug-likeness (QED) is 0.282. The fraction of sp³-hybridized carbons (Fsp3) is 0.778. The lowest BCUT2D eigenvalue weighted by atomic mass is 9.99. The number of esters is 1. The van der Waals surface area contributed by atoms with Crippen molar-refractivity contribution in [3.63, 3.8) is 0 Å². The Morgan fingerprint density at radius 2 is 1.35 bits per heavy atom. The molecular weight excluding hydrogens is 522 g/mol. The second-order valence-corrected chi connectivity index (χ2v) is 12.5. The molecule has 0 saturated carbocycles. The van der Waals surface area contributed by atoms with Crippen LogP contribution < -0.4 is 21.3 Å². The Kier molecular flexibility index (Phi) is 11.5. The van der Waals surface area contributed by atoms with Gasteiger partial charge in [-0.1, -0.05) is 13.8 Å². The SMILES string of the molecule is COC(=O)[C@@H](NC(=O)C(C)(C)NC(=O)[C@H](C)NC(=O)C(C)(C)NC(=O)[C@H]1CCCN1C(=O)OC(C)(C)C)C(C)C. The van der Waals surface area contributed by atoms with Gasteiger partial charge in [0.15, 0.2) is 0 Å². The highest BCUT2D eigenvalue weighted by Crippen LogP contribution is 2.22. The summed E-state index contributed by atoms with van der Waals surface area (Å²) in [6, 6.07) is -2.76. The maximum absolute atomic E-state index is 13.0. The monoisotopic (exact) mass is 569 g/mol. The van der Waals surface area contributed by atoms with E-state index in [1.807, 2.05) is 0 Å². The second kappa shape index (κ2) is 13.3. The first-order valence-corrected chi connectivity index (χ1v) is 13.5. The minimum absolute atomic E-state index is 0.251. The van der Waals surface area contributed by atoms with Gasteiger partial charge in [-0.25, -0.2) is 9.59 Å². The standard InChI is InChI=1S/C27H47N5O8/c1-15(2)18(21(35)39-11)29-23(37)27(9,10)30-19(33)16(3)28-22(36)26(7,8)31-20(34)17-13-12-14-32(17)24(38)40-25(4,5)6/h15-18H,12-14H2,1-11H3,(H,28,36)(H,29,37)(H,30,33)(H,31,34)/t16-,17+,18-/m0/s1. The zero-order valence-corrected chi connectivity index (χ0v) is 25.6. The van der Waals surface area contributed by atoms with Gasteiger partial charge in [0, 0.05) is 6.54 Å². The average molecular weight is 570 g/mol. The number of ether oxygens (including phenoxy) is 2. The van der Waals surface area contributed by atoms with Crippen molar-refractivity contribution in [2.24, 2.45) is 5.92 Å². The van der Waals surface area contributed by atoms with E-state index in [0.29, 0.717) is 19.4 Å². The van der Waals surface area contributed by atoms with Crippen molar-refractivity contribution in [3.05, 3.63) is 0 Å². The highest BCUT2D eigenvalue weighted by molar-refractivity contribution is 5.98. The van der Waals surface area contributed by atoms with E-state index in [1.54, 1.807) is 34.6 Å². The van der Waals surface area contributed by atoms with Crippen LogP contribution in [0, 0.1) is 5.92 Å². The highest BCUT2D eigenvalue weighted by atomic mass is 16.6. The zero-order chi connectivity index (χ0) is 31.2. The summed E-state index contributed by atoms with van der Waals surface area (Å²) in [7, 11) is 1.22. The van der Waals surface area contributed by atoms with E-state index in [2.05, 4.69) is 21.3 Å². The molecule has 0 aromatic carbocycles. The molecule has 0 aromatic heterocycles. The molecule has 0 radical (unpaired) electrons. The minimum Gasteiger partial charge on any atom is -0.467 e. The molecule has 40 heavy (non-hydrogen) atoms. The van der Waals surface area contributed by atoms with Gasteiger partial charge < -0.3 is 30.7 Å². The number of nitrogens with zero attached hydrogens (tertiary/aromatic N) is 1. The maximum Gasteiger partial charge on any atom is 0.410 e. The molecule has 1 heterocycles. The summed E-state index contributed by atoms with van der Waals surface area (Å²) >= 11 is 0. The van der Waals surface area contributed by atoms with Crippen LogP contribution in [0.4, 0.5) is 4.79 Å². The largest absolute Gasteiger partial charge is 0.467 e. The van der Waals surface area contributed by atoms with E-state index in [4.69, 9.17) is 9.47 Å². The number of likely N-dealkylation sites (tertiary alicyclic amines) is 1. The van der Waals surface area contributed by atoms with Crippen molar-refractivity contribution in [3.8, 4) is 0 Å². The van der Waals surface area contributed by atoms with Gasteiger partial charge in [0.05, 0.1) is 7.11 Å². The lowest BCUT2D eigenvalue weighted by molar-refractivity contribution is -0.147. The van der Waals surface area contributed by atoms with Gasteiger partial charge in [0.2, 0.25) is 23.6 Å². The van der Waals surface area contributed by atoms with Crippen LogP contribution in [-0.2, 0) is 33.4 Å². The molecule has 4 N–H and O–H groups in total. The molecule has 0 bridgehead atoms. The van der Waals surface area contributed by atoms with Gasteiger partial charge in [-0.15, -0.1) is 0 Å². The van der Waals surface area contributed by atoms with Crippen LogP contribution in [0.5, 0.6) is 0 Å². The van der Waals surface area contributed by atoms with Crippen LogP contribution in [0.3, 0.4) is 0 Å². The van der Waals surface area contributed by atoms with Gasteiger partial charge >= 0.3 is 12.1 Å². The zero-order valence-electron chi connectivity index (χ0n) is 25.6. The number of rotatable bonds is 10. The summed E-state index contributed by atoms with van der Waals surface area (Å²) in [5.74, 6) is -3.27. The first-order valence-electron chi connectivity index (χ1n) is 13.5. The van der Waals surface area contributed by atoms with Gasteiger partial charge in [-0.05, 0) is 74.1 Å². The summed E-state index contributed by atoms with van der Waals surface area (Å²) in [6.45, 7) is 16.4. The molecule has 13 heteroatoms. The van der Waals surface area contributed by atoms with Crippen molar-refractivity contribution >= 4 is 35.7 Å². The molecule has 3 atom stereocenters. The first kappa shape index (κ1) is 34.6. The number of carbonyl (C=O) groups excluding carboxylic acids is 6. The molecule has 13 nitrogen and oxygen atoms in total. The van der Waals surface area contributed by atoms with Crippen LogP contribution in [0.1, 0.15) is 82.1 Å². The Morgan fingerprint density at radius 3 is 1.85 bits per heavy atom. The van der Waals surface area contributed by atoms with Crippen LogP contribution >= 0.6 is 0 Å². The Balaban J connectivity index is 2.80. The van der Waals surface area contributed by atoms with Crippen LogP contribution in [0.25, 0.3) is 0 Å². The predicted octanol–water partition coefficient (Wildman–Crippen LogP) is 0.994. The third-order valence-corrected chi connectivity index (χ3v) is 6.34. The van der Waals surface area contributed by atoms with Gasteiger partial charge in [-0.3, -0.25) is 24.1 Å². The summed E-state index contributed by atoms with van der Waals surface area (Å²) in [5, 5.41) is 10.4. The first-order chi connectivity index (χ1) is 18.1. The number of nitrogens with one attached hydrogen (secondary N) is 4. The summed E-state index contributed by atoms with van der Waals surface area (Å²) < 4.78 is 10.1. The van der Waals surface area contributed by atoms with Crippen LogP contribution in [-0.4, -0.2) is 89.1 Å². The third-order valence-electron chi connectivity index (χ3n) is 6.34. The van der Waals surface area contributed by atoms with Crippen molar-refractivity contribution in [1.82, 2.24) is 26.2 Å². The summed E-state index contributed by atoms with van der Waals surface area (Å²) in [5.41, 5.74) is -3.57. The van der Waals surface area contributed by atoms with E-state index in [-0.39, 0.29) is 5.92 Å². The molecule has 5 amide bonds. The lowest BCUT2D eigenvalue weighted by Crippen LogP contribution is -2.63. The smallest absolute Gasteiger partial charge is 0.410 e. The minimum atomic E-state index is -1.42. The van der Waals surface area contributed by atoms with Crippen LogP contribution in [0.15, 0.2) is 0 Å². The Morgan fingerprint density at radius 1 is 0.825 bits per heavy atom. The topological polar surface area (TPSA) is 172 Å². The van der Waals surface area contributed by atoms with Gasteiger partial charge in [-0.2, -0.15) is 0 Å². The fourth-order valence-corrected chi connectivity index (χ4v) is 3.89. The molecule has 1 rings (SSSR count). The maximum atomic E-state index is 13.0. The fourth-order valence-electron chi connectivity index (χ4n) is 3.89. The molecule has 228 valence electrons. The van der Waals surface area contributed by atoms with E-state index in [0.717, 1.165) is 0 Å². The Hall–Kier alpha value is -3.38. The van der Waals surface area contributed by atoms with Crippen molar-refractivity contribution in [1.29, 1.82) is 0 Å². The molecular formula is C27H47N5O8. The van der Waals surface area contributed by atoms with E-state index in [9.17, 15) is 28.8 Å². The van der Waals surface area contributed by atoms with E-state index in [1.165, 1.54) is 46.6 Å². The number of amides is 5. The van der Waals surface area contributed by atoms with E-state index >= 15 is 0 Å². The van der Waals surface area contributed by atoms with Gasteiger partial charge in [0.25, 0.3) is 0 Å². The summed E-state index contributed by atoms with van der Waals surface area (Å²) in [6.07, 6.45) is 0.435. The van der Waals surface area contributed by atoms with Crippen molar-refractivity contribution < 1.29 is 38.2 Å². The molecule has 0 spiro atoms. The third kappa shape index (κ3) is 9.67. The second-order valence-electron chi connectivity index (χ2n) is 12.5. The molecule has 0 aromatic rings. The number of hydrogen-bond donors (Lipinski definition) is 4. The molecule has 1 fully saturated rings. The number of hydrogen-bond acceptors (Lipinski definition) is 8. The molecule has 0 unspecified atom stereocenters.